The molecule has 1 heterocycles. The number of rotatable bonds is 3. The molecular weight excluding hydrogens is 318 g/mol. The minimum atomic E-state index is -0.256. The predicted octanol–water partition coefficient (Wildman–Crippen LogP) is 2.20. The molecule has 1 aromatic rings. The summed E-state index contributed by atoms with van der Waals surface area (Å²) in [5.74, 6) is 2.21. The average molecular weight is 345 g/mol. The highest BCUT2D eigenvalue weighted by molar-refractivity contribution is 5.86. The quantitative estimate of drug-likeness (QED) is 0.840. The Kier molecular flexibility index (Phi) is 4.04. The maximum Gasteiger partial charge on any atom is 0.162 e. The van der Waals surface area contributed by atoms with Crippen molar-refractivity contribution in [2.45, 2.75) is 43.2 Å². The molecule has 4 rings (SSSR count). The van der Waals surface area contributed by atoms with Crippen LogP contribution in [0.3, 0.4) is 0 Å². The number of nitrogens with zero attached hydrogens (tertiary/aromatic N) is 1. The van der Waals surface area contributed by atoms with Gasteiger partial charge in [0.1, 0.15) is 6.10 Å². The summed E-state index contributed by atoms with van der Waals surface area (Å²) in [7, 11) is 7.21. The fourth-order valence-electron chi connectivity index (χ4n) is 5.53. The van der Waals surface area contributed by atoms with Crippen LogP contribution in [0.2, 0.25) is 0 Å². The lowest BCUT2D eigenvalue weighted by atomic mass is 9.51. The Labute approximate surface area is 149 Å². The number of likely N-dealkylation sites (N-methyl/N-ethyl adjacent to an activating group) is 1. The number of benzene rings is 1. The number of methoxy groups -OCH3 is 3. The highest BCUT2D eigenvalue weighted by Crippen LogP contribution is 2.56. The van der Waals surface area contributed by atoms with E-state index in [4.69, 9.17) is 14.2 Å². The summed E-state index contributed by atoms with van der Waals surface area (Å²) in [6.07, 6.45) is 3.13. The zero-order valence-electron chi connectivity index (χ0n) is 15.5. The second-order valence-corrected chi connectivity index (χ2v) is 7.73. The molecule has 136 valence electrons. The van der Waals surface area contributed by atoms with Gasteiger partial charge in [0.05, 0.1) is 14.2 Å². The topological polar surface area (TPSA) is 48.0 Å². The highest BCUT2D eigenvalue weighted by Gasteiger charge is 2.57. The van der Waals surface area contributed by atoms with Gasteiger partial charge in [-0.1, -0.05) is 0 Å². The number of hydrogen-bond donors (Lipinski definition) is 0. The van der Waals surface area contributed by atoms with E-state index in [1.807, 2.05) is 0 Å². The van der Waals surface area contributed by atoms with Crippen LogP contribution in [0.1, 0.15) is 30.4 Å². The summed E-state index contributed by atoms with van der Waals surface area (Å²) in [6.45, 7) is 1.03. The molecule has 0 amide bonds. The highest BCUT2D eigenvalue weighted by atomic mass is 16.5. The molecule has 2 bridgehead atoms. The van der Waals surface area contributed by atoms with Crippen molar-refractivity contribution in [3.05, 3.63) is 23.3 Å². The van der Waals surface area contributed by atoms with Gasteiger partial charge in [-0.2, -0.15) is 0 Å². The zero-order chi connectivity index (χ0) is 17.8. The fourth-order valence-corrected chi connectivity index (χ4v) is 5.53. The second kappa shape index (κ2) is 5.99. The number of likely N-dealkylation sites (tertiary alicyclic amines) is 1. The Balaban J connectivity index is 1.88. The van der Waals surface area contributed by atoms with Crippen LogP contribution < -0.4 is 9.47 Å². The third-order valence-electron chi connectivity index (χ3n) is 6.83. The fraction of sp³-hybridized carbons (Fsp3) is 0.650. The average Bonchev–Trinajstić information content (AvgIpc) is 2.63. The van der Waals surface area contributed by atoms with Gasteiger partial charge in [-0.15, -0.1) is 0 Å². The number of ether oxygens (including phenoxy) is 3. The van der Waals surface area contributed by atoms with Crippen LogP contribution in [0.5, 0.6) is 11.5 Å². The third kappa shape index (κ3) is 2.32. The number of ketones is 1. The van der Waals surface area contributed by atoms with E-state index in [0.29, 0.717) is 18.4 Å². The van der Waals surface area contributed by atoms with E-state index >= 15 is 0 Å². The van der Waals surface area contributed by atoms with Gasteiger partial charge in [0.25, 0.3) is 0 Å². The summed E-state index contributed by atoms with van der Waals surface area (Å²) in [6, 6.07) is 4.69. The molecule has 5 heteroatoms. The largest absolute Gasteiger partial charge is 0.493 e. The van der Waals surface area contributed by atoms with Crippen LogP contribution in [0.15, 0.2) is 12.1 Å². The van der Waals surface area contributed by atoms with Crippen LogP contribution in [0.25, 0.3) is 0 Å². The summed E-state index contributed by atoms with van der Waals surface area (Å²) >= 11 is 0. The van der Waals surface area contributed by atoms with E-state index in [0.717, 1.165) is 37.3 Å². The maximum atomic E-state index is 12.7. The maximum absolute atomic E-state index is 12.7. The number of piperidine rings is 1. The van der Waals surface area contributed by atoms with E-state index in [1.54, 1.807) is 21.3 Å². The molecule has 1 aromatic carbocycles. The summed E-state index contributed by atoms with van der Waals surface area (Å²) < 4.78 is 16.6. The van der Waals surface area contributed by atoms with Crippen LogP contribution >= 0.6 is 0 Å². The van der Waals surface area contributed by atoms with Crippen molar-refractivity contribution in [3.63, 3.8) is 0 Å². The van der Waals surface area contributed by atoms with Gasteiger partial charge in [-0.3, -0.25) is 4.79 Å². The Morgan fingerprint density at radius 1 is 1.16 bits per heavy atom. The lowest BCUT2D eigenvalue weighted by Crippen LogP contribution is -2.63. The Bertz CT molecular complexity index is 703. The van der Waals surface area contributed by atoms with Gasteiger partial charge in [-0.25, -0.2) is 0 Å². The first-order valence-corrected chi connectivity index (χ1v) is 9.05. The lowest BCUT2D eigenvalue weighted by Gasteiger charge is -2.58. The van der Waals surface area contributed by atoms with E-state index < -0.39 is 0 Å². The van der Waals surface area contributed by atoms with E-state index in [-0.39, 0.29) is 17.3 Å². The normalized spacial score (nSPS) is 34.2. The second-order valence-electron chi connectivity index (χ2n) is 7.73. The molecule has 5 nitrogen and oxygen atoms in total. The molecule has 0 spiro atoms. The van der Waals surface area contributed by atoms with Crippen molar-refractivity contribution in [1.82, 2.24) is 4.90 Å². The summed E-state index contributed by atoms with van der Waals surface area (Å²) in [5, 5.41) is 0. The van der Waals surface area contributed by atoms with E-state index in [2.05, 4.69) is 24.1 Å². The molecule has 0 aromatic heterocycles. The molecule has 3 aliphatic rings. The molecule has 2 aliphatic carbocycles. The van der Waals surface area contributed by atoms with Crippen molar-refractivity contribution in [2.24, 2.45) is 5.92 Å². The van der Waals surface area contributed by atoms with Crippen LogP contribution in [0.4, 0.5) is 0 Å². The third-order valence-corrected chi connectivity index (χ3v) is 6.83. The van der Waals surface area contributed by atoms with Crippen molar-refractivity contribution >= 4 is 5.78 Å². The summed E-state index contributed by atoms with van der Waals surface area (Å²) in [4.78, 5) is 15.2. The van der Waals surface area contributed by atoms with Crippen molar-refractivity contribution in [2.75, 3.05) is 34.9 Å². The van der Waals surface area contributed by atoms with Gasteiger partial charge in [-0.05, 0) is 62.0 Å². The summed E-state index contributed by atoms with van der Waals surface area (Å²) in [5.41, 5.74) is 2.51. The molecule has 4 unspecified atom stereocenters. The lowest BCUT2D eigenvalue weighted by molar-refractivity contribution is -0.141. The molecule has 0 radical (unpaired) electrons. The van der Waals surface area contributed by atoms with Gasteiger partial charge >= 0.3 is 0 Å². The molecule has 4 atom stereocenters. The Hall–Kier alpha value is -1.59. The smallest absolute Gasteiger partial charge is 0.162 e. The number of fused-ring (bicyclic) bond motifs is 1. The molecular formula is C20H27NO4. The molecule has 0 N–H and O–H groups in total. The SMILES string of the molecule is COc1cc2c(cc1OC)C13CCN(C)C(C2)C1CC(OC)C(=O)C3. The van der Waals surface area contributed by atoms with Crippen LogP contribution in [0, 0.1) is 5.92 Å². The number of carbonyl (C=O) groups is 1. The number of Topliss-reactive ketones (excluding diaryl/α,β-unsaturated/α-hetero) is 1. The zero-order valence-corrected chi connectivity index (χ0v) is 15.5. The van der Waals surface area contributed by atoms with Gasteiger partial charge in [0.2, 0.25) is 0 Å². The first kappa shape index (κ1) is 16.9. The standard InChI is InChI=1S/C20H27NO4/c1-21-6-5-20-11-16(22)17(23-2)10-14(20)15(21)7-12-8-18(24-3)19(25-4)9-13(12)20/h8-9,14-15,17H,5-7,10-11H2,1-4H3. The first-order chi connectivity index (χ1) is 12.0. The van der Waals surface area contributed by atoms with Crippen LogP contribution in [-0.2, 0) is 21.4 Å². The van der Waals surface area contributed by atoms with Gasteiger partial charge < -0.3 is 19.1 Å². The Morgan fingerprint density at radius 3 is 2.56 bits per heavy atom. The molecule has 25 heavy (non-hydrogen) atoms. The van der Waals surface area contributed by atoms with E-state index in [1.165, 1.54) is 11.1 Å². The predicted molar refractivity (Wildman–Crippen MR) is 94.5 cm³/mol. The van der Waals surface area contributed by atoms with Crippen molar-refractivity contribution < 1.29 is 19.0 Å². The molecule has 1 aliphatic heterocycles. The van der Waals surface area contributed by atoms with Crippen molar-refractivity contribution in [3.8, 4) is 11.5 Å². The first-order valence-electron chi connectivity index (χ1n) is 9.05. The molecule has 1 saturated carbocycles. The number of carbonyl (C=O) groups excluding carboxylic acids is 1. The number of hydrogen-bond acceptors (Lipinski definition) is 5. The van der Waals surface area contributed by atoms with E-state index in [9.17, 15) is 4.79 Å². The van der Waals surface area contributed by atoms with Crippen LogP contribution in [-0.4, -0.2) is 57.8 Å². The van der Waals surface area contributed by atoms with Gasteiger partial charge in [0.15, 0.2) is 17.3 Å². The minimum absolute atomic E-state index is 0.0869. The molecule has 2 fully saturated rings. The van der Waals surface area contributed by atoms with Gasteiger partial charge in [0, 0.05) is 25.0 Å². The van der Waals surface area contributed by atoms with Crippen molar-refractivity contribution in [1.29, 1.82) is 0 Å². The Morgan fingerprint density at radius 2 is 1.88 bits per heavy atom. The minimum Gasteiger partial charge on any atom is -0.493 e. The monoisotopic (exact) mass is 345 g/mol. The molecule has 1 saturated heterocycles.